The van der Waals surface area contributed by atoms with Crippen LogP contribution in [0.1, 0.15) is 17.0 Å². The van der Waals surface area contributed by atoms with Gasteiger partial charge in [-0.05, 0) is 11.1 Å². The Morgan fingerprint density at radius 3 is 2.50 bits per heavy atom. The highest BCUT2D eigenvalue weighted by Gasteiger charge is 2.11. The van der Waals surface area contributed by atoms with E-state index in [1.807, 2.05) is 0 Å². The number of benzene rings is 1. The van der Waals surface area contributed by atoms with Gasteiger partial charge in [-0.25, -0.2) is 13.1 Å². The summed E-state index contributed by atoms with van der Waals surface area (Å²) in [6.07, 6.45) is 1.58. The number of aliphatic hydroxyl groups is 1. The first-order chi connectivity index (χ1) is 9.59. The highest BCUT2D eigenvalue weighted by atomic mass is 32.2. The number of rotatable bonds is 7. The lowest BCUT2D eigenvalue weighted by Crippen LogP contribution is -2.27. The highest BCUT2D eigenvalue weighted by molar-refractivity contribution is 7.88. The zero-order chi connectivity index (χ0) is 14.4. The van der Waals surface area contributed by atoms with Crippen molar-refractivity contribution in [2.45, 2.75) is 18.8 Å². The lowest BCUT2D eigenvalue weighted by molar-refractivity contribution is 0.282. The van der Waals surface area contributed by atoms with Gasteiger partial charge in [0.25, 0.3) is 0 Å². The fraction of sp³-hybridized carbons (Fsp3) is 0.333. The summed E-state index contributed by atoms with van der Waals surface area (Å²) in [5.74, 6) is 0.352. The largest absolute Gasteiger partial charge is 0.392 e. The average molecular weight is 297 g/mol. The maximum atomic E-state index is 11.9. The predicted molar refractivity (Wildman–Crippen MR) is 71.0 cm³/mol. The Labute approximate surface area is 116 Å². The molecule has 0 spiro atoms. The van der Waals surface area contributed by atoms with Crippen LogP contribution in [0, 0.1) is 0 Å². The van der Waals surface area contributed by atoms with Gasteiger partial charge in [0.15, 0.2) is 5.82 Å². The van der Waals surface area contributed by atoms with Crippen LogP contribution in [0.5, 0.6) is 0 Å². The van der Waals surface area contributed by atoms with Crippen LogP contribution in [0.15, 0.2) is 35.2 Å². The Balaban J connectivity index is 1.86. The molecule has 1 aromatic carbocycles. The average Bonchev–Trinajstić information content (AvgIpc) is 2.92. The summed E-state index contributed by atoms with van der Waals surface area (Å²) in [5, 5.41) is 12.5. The molecule has 0 aliphatic carbocycles. The number of nitrogens with zero attached hydrogens (tertiary/aromatic N) is 2. The van der Waals surface area contributed by atoms with Gasteiger partial charge in [0.2, 0.25) is 16.4 Å². The van der Waals surface area contributed by atoms with Crippen LogP contribution in [-0.2, 0) is 28.8 Å². The van der Waals surface area contributed by atoms with Crippen LogP contribution in [-0.4, -0.2) is 30.2 Å². The van der Waals surface area contributed by atoms with E-state index in [1.54, 1.807) is 24.3 Å². The Bertz CT molecular complexity index is 623. The quantitative estimate of drug-likeness (QED) is 0.757. The van der Waals surface area contributed by atoms with Crippen molar-refractivity contribution in [2.24, 2.45) is 0 Å². The van der Waals surface area contributed by atoms with E-state index < -0.39 is 10.0 Å². The number of sulfonamides is 1. The number of nitrogens with one attached hydrogen (secondary N) is 1. The molecule has 0 aliphatic heterocycles. The van der Waals surface area contributed by atoms with E-state index in [2.05, 4.69) is 19.4 Å². The first-order valence-corrected chi connectivity index (χ1v) is 7.65. The second-order valence-electron chi connectivity index (χ2n) is 4.23. The smallest absolute Gasteiger partial charge is 0.215 e. The summed E-state index contributed by atoms with van der Waals surface area (Å²) in [5.41, 5.74) is 1.41. The van der Waals surface area contributed by atoms with Crippen molar-refractivity contribution in [3.63, 3.8) is 0 Å². The van der Waals surface area contributed by atoms with Gasteiger partial charge in [0, 0.05) is 13.0 Å². The predicted octanol–water partition coefficient (Wildman–Crippen LogP) is 0.224. The van der Waals surface area contributed by atoms with Crippen LogP contribution >= 0.6 is 0 Å². The zero-order valence-electron chi connectivity index (χ0n) is 10.7. The van der Waals surface area contributed by atoms with Crippen LogP contribution < -0.4 is 4.72 Å². The number of hydrogen-bond acceptors (Lipinski definition) is 6. The van der Waals surface area contributed by atoms with E-state index in [0.717, 1.165) is 5.56 Å². The molecule has 0 atom stereocenters. The maximum absolute atomic E-state index is 11.9. The van der Waals surface area contributed by atoms with Crippen molar-refractivity contribution in [3.05, 3.63) is 47.6 Å². The summed E-state index contributed by atoms with van der Waals surface area (Å²) < 4.78 is 30.7. The number of hydrogen-bond donors (Lipinski definition) is 2. The molecule has 1 heterocycles. The molecule has 20 heavy (non-hydrogen) atoms. The van der Waals surface area contributed by atoms with Gasteiger partial charge in [0.1, 0.15) is 0 Å². The van der Waals surface area contributed by atoms with Gasteiger partial charge in [-0.3, -0.25) is 0 Å². The molecule has 0 unspecified atom stereocenters. The minimum atomic E-state index is -3.41. The lowest BCUT2D eigenvalue weighted by Gasteiger charge is -2.06. The topological polar surface area (TPSA) is 105 Å². The van der Waals surface area contributed by atoms with Crippen molar-refractivity contribution in [1.82, 2.24) is 14.9 Å². The number of aromatic nitrogens is 2. The molecule has 0 bridgehead atoms. The molecule has 8 heteroatoms. The minimum absolute atomic E-state index is 0.0595. The van der Waals surface area contributed by atoms with E-state index in [4.69, 9.17) is 5.11 Å². The second-order valence-corrected chi connectivity index (χ2v) is 6.03. The van der Waals surface area contributed by atoms with Crippen molar-refractivity contribution in [3.8, 4) is 0 Å². The Morgan fingerprint density at radius 1 is 1.20 bits per heavy atom. The molecule has 0 amide bonds. The molecule has 0 aliphatic rings. The van der Waals surface area contributed by atoms with Crippen LogP contribution in [0.4, 0.5) is 0 Å². The molecule has 2 aromatic rings. The minimum Gasteiger partial charge on any atom is -0.392 e. The summed E-state index contributed by atoms with van der Waals surface area (Å²) in [4.78, 5) is 3.80. The van der Waals surface area contributed by atoms with Crippen molar-refractivity contribution < 1.29 is 18.0 Å². The summed E-state index contributed by atoms with van der Waals surface area (Å²) in [6, 6.07) is 6.77. The van der Waals surface area contributed by atoms with Gasteiger partial charge in [-0.15, -0.1) is 0 Å². The molecule has 108 valence electrons. The molecule has 0 saturated carbocycles. The molecule has 7 nitrogen and oxygen atoms in total. The molecule has 0 fully saturated rings. The second kappa shape index (κ2) is 6.60. The van der Waals surface area contributed by atoms with Crippen LogP contribution in [0.2, 0.25) is 0 Å². The van der Waals surface area contributed by atoms with E-state index in [-0.39, 0.29) is 18.9 Å². The molecular formula is C12H15N3O4S. The monoisotopic (exact) mass is 297 g/mol. The fourth-order valence-corrected chi connectivity index (χ4v) is 2.78. The fourth-order valence-electron chi connectivity index (χ4n) is 1.63. The zero-order valence-corrected chi connectivity index (χ0v) is 11.5. The molecule has 2 rings (SSSR count). The van der Waals surface area contributed by atoms with E-state index >= 15 is 0 Å². The van der Waals surface area contributed by atoms with Gasteiger partial charge in [0.05, 0.1) is 12.4 Å². The molecule has 2 N–H and O–H groups in total. The van der Waals surface area contributed by atoms with Crippen LogP contribution in [0.25, 0.3) is 0 Å². The summed E-state index contributed by atoms with van der Waals surface area (Å²) in [7, 11) is -3.41. The highest BCUT2D eigenvalue weighted by Crippen LogP contribution is 2.07. The third-order valence-electron chi connectivity index (χ3n) is 2.64. The van der Waals surface area contributed by atoms with Crippen LogP contribution in [0.3, 0.4) is 0 Å². The van der Waals surface area contributed by atoms with Gasteiger partial charge in [-0.2, -0.15) is 4.98 Å². The van der Waals surface area contributed by atoms with Gasteiger partial charge in [-0.1, -0.05) is 29.4 Å². The van der Waals surface area contributed by atoms with Crippen molar-refractivity contribution in [1.29, 1.82) is 0 Å². The van der Waals surface area contributed by atoms with E-state index in [1.165, 1.54) is 6.39 Å². The Kier molecular flexibility index (Phi) is 4.83. The first kappa shape index (κ1) is 14.6. The molecule has 0 radical (unpaired) electrons. The van der Waals surface area contributed by atoms with Crippen molar-refractivity contribution >= 4 is 10.0 Å². The van der Waals surface area contributed by atoms with Gasteiger partial charge >= 0.3 is 0 Å². The Hall–Kier alpha value is -1.77. The Morgan fingerprint density at radius 2 is 1.90 bits per heavy atom. The molecule has 1 aromatic heterocycles. The lowest BCUT2D eigenvalue weighted by atomic mass is 10.2. The summed E-state index contributed by atoms with van der Waals surface area (Å²) in [6.45, 7) is 0.159. The van der Waals surface area contributed by atoms with E-state index in [0.29, 0.717) is 17.8 Å². The number of aliphatic hydroxyl groups excluding tert-OH is 1. The summed E-state index contributed by atoms with van der Waals surface area (Å²) >= 11 is 0. The molecule has 0 saturated heterocycles. The molecular weight excluding hydrogens is 282 g/mol. The van der Waals surface area contributed by atoms with E-state index in [9.17, 15) is 8.42 Å². The first-order valence-electron chi connectivity index (χ1n) is 6.00. The maximum Gasteiger partial charge on any atom is 0.215 e. The third-order valence-corrected chi connectivity index (χ3v) is 4.00. The SMILES string of the molecule is O=S(=O)(Cc1ccc(CO)cc1)NCCc1ncon1. The normalized spacial score (nSPS) is 11.7. The third kappa shape index (κ3) is 4.41. The standard InChI is InChI=1S/C12H15N3O4S/c16-7-10-1-3-11(4-2-10)8-20(17,18)14-6-5-12-13-9-19-15-12/h1-4,9,14,16H,5-8H2. The van der Waals surface area contributed by atoms with Crippen molar-refractivity contribution in [2.75, 3.05) is 6.54 Å². The van der Waals surface area contributed by atoms with Gasteiger partial charge < -0.3 is 9.63 Å².